The van der Waals surface area contributed by atoms with Crippen molar-refractivity contribution in [2.45, 2.75) is 6.42 Å². The number of hydrogen-bond acceptors (Lipinski definition) is 1. The van der Waals surface area contributed by atoms with Gasteiger partial charge in [-0.15, -0.1) is 0 Å². The van der Waals surface area contributed by atoms with Crippen LogP contribution in [-0.2, 0) is 15.6 Å². The van der Waals surface area contributed by atoms with Gasteiger partial charge in [-0.25, -0.2) is 4.42 Å². The summed E-state index contributed by atoms with van der Waals surface area (Å²) in [6.07, 6.45) is 0.348. The molecule has 0 aliphatic heterocycles. The predicted molar refractivity (Wildman–Crippen MR) is 124 cm³/mol. The Hall–Kier alpha value is -1.58. The van der Waals surface area contributed by atoms with Gasteiger partial charge in [-0.2, -0.15) is 0 Å². The van der Waals surface area contributed by atoms with Crippen LogP contribution in [0, 0.1) is 0 Å². The SMILES string of the molecule is O=C(Cc1cc(-c2ccccc2)[o+]c2ccccc12)c1ccccc1.[Cl][Fe-]([Cl])([Cl])[Cl]. The van der Waals surface area contributed by atoms with Gasteiger partial charge in [0, 0.05) is 24.1 Å². The van der Waals surface area contributed by atoms with Gasteiger partial charge in [-0.05, 0) is 23.8 Å². The van der Waals surface area contributed by atoms with E-state index in [4.69, 9.17) is 44.8 Å². The molecule has 0 spiro atoms. The van der Waals surface area contributed by atoms with Gasteiger partial charge in [0.1, 0.15) is 0 Å². The molecule has 0 atom stereocenters. The van der Waals surface area contributed by atoms with Crippen molar-refractivity contribution >= 4 is 57.1 Å². The van der Waals surface area contributed by atoms with E-state index in [2.05, 4.69) is 0 Å². The maximum atomic E-state index is 12.7. The average Bonchev–Trinajstić information content (AvgIpc) is 2.74. The fourth-order valence-corrected chi connectivity index (χ4v) is 2.99. The van der Waals surface area contributed by atoms with Crippen molar-refractivity contribution < 1.29 is 18.4 Å². The van der Waals surface area contributed by atoms with E-state index < -0.39 is 9.20 Å². The summed E-state index contributed by atoms with van der Waals surface area (Å²) in [6, 6.07) is 29.2. The van der Waals surface area contributed by atoms with Gasteiger partial charge in [0.05, 0.1) is 10.9 Å². The van der Waals surface area contributed by atoms with Crippen molar-refractivity contribution in [3.63, 3.8) is 0 Å². The first kappa shape index (κ1) is 23.1. The van der Waals surface area contributed by atoms with E-state index in [-0.39, 0.29) is 5.78 Å². The van der Waals surface area contributed by atoms with Gasteiger partial charge in [0.25, 0.3) is 0 Å². The van der Waals surface area contributed by atoms with E-state index in [0.717, 1.165) is 33.4 Å². The number of carbonyl (C=O) groups excluding carboxylic acids is 1. The molecule has 0 fully saturated rings. The topological polar surface area (TPSA) is 28.4 Å². The molecule has 3 aromatic carbocycles. The molecule has 0 saturated heterocycles. The second-order valence-corrected chi connectivity index (χ2v) is 17.2. The molecule has 1 aromatic heterocycles. The minimum absolute atomic E-state index is 0.107. The summed E-state index contributed by atoms with van der Waals surface area (Å²) >= 11 is 0. The van der Waals surface area contributed by atoms with Crippen LogP contribution >= 0.6 is 40.4 Å². The van der Waals surface area contributed by atoms with Crippen molar-refractivity contribution in [2.75, 3.05) is 0 Å². The molecular weight excluding hydrogens is 506 g/mol. The number of rotatable bonds is 4. The zero-order valence-corrected chi connectivity index (χ0v) is 19.7. The zero-order chi connectivity index (χ0) is 21.6. The Morgan fingerprint density at radius 3 is 1.93 bits per heavy atom. The molecule has 4 aromatic rings. The zero-order valence-electron chi connectivity index (χ0n) is 15.5. The summed E-state index contributed by atoms with van der Waals surface area (Å²) < 4.78 is 6.06. The maximum absolute atomic E-state index is 12.7. The summed E-state index contributed by atoms with van der Waals surface area (Å²) in [5.41, 5.74) is 3.50. The molecule has 0 aliphatic carbocycles. The van der Waals surface area contributed by atoms with Crippen molar-refractivity contribution in [1.82, 2.24) is 0 Å². The summed E-state index contributed by atoms with van der Waals surface area (Å²) in [4.78, 5) is 12.7. The molecule has 1 heterocycles. The van der Waals surface area contributed by atoms with Crippen LogP contribution in [0.25, 0.3) is 22.3 Å². The Balaban J connectivity index is 0.000000461. The fourth-order valence-electron chi connectivity index (χ4n) is 2.99. The van der Waals surface area contributed by atoms with Crippen molar-refractivity contribution in [3.05, 3.63) is 102 Å². The van der Waals surface area contributed by atoms with Gasteiger partial charge in [-0.3, -0.25) is 4.79 Å². The first-order chi connectivity index (χ1) is 14.3. The van der Waals surface area contributed by atoms with Gasteiger partial charge >= 0.3 is 60.9 Å². The Kier molecular flexibility index (Phi) is 8.19. The van der Waals surface area contributed by atoms with E-state index in [9.17, 15) is 4.79 Å². The summed E-state index contributed by atoms with van der Waals surface area (Å²) in [7, 11) is 17.2. The van der Waals surface area contributed by atoms with Gasteiger partial charge in [-0.1, -0.05) is 60.7 Å². The van der Waals surface area contributed by atoms with Gasteiger partial charge < -0.3 is 0 Å². The van der Waals surface area contributed by atoms with Gasteiger partial charge in [0.15, 0.2) is 5.78 Å². The summed E-state index contributed by atoms with van der Waals surface area (Å²) in [6.45, 7) is 0. The quantitative estimate of drug-likeness (QED) is 0.152. The molecule has 7 heteroatoms. The third-order valence-electron chi connectivity index (χ3n) is 4.26. The predicted octanol–water partition coefficient (Wildman–Crippen LogP) is 8.56. The molecule has 0 saturated carbocycles. The number of ketones is 1. The molecular formula is C23H17Cl4FeO2. The minimum atomic E-state index is -2.61. The molecule has 2 nitrogen and oxygen atoms in total. The molecule has 0 amide bonds. The number of benzene rings is 3. The molecule has 0 unspecified atom stereocenters. The van der Waals surface area contributed by atoms with Crippen LogP contribution in [0.2, 0.25) is 0 Å². The van der Waals surface area contributed by atoms with E-state index in [1.165, 1.54) is 0 Å². The molecule has 0 bridgehead atoms. The number of halogens is 4. The molecule has 0 N–H and O–H groups in total. The molecule has 0 aliphatic rings. The van der Waals surface area contributed by atoms with Crippen LogP contribution in [0.15, 0.2) is 95.4 Å². The van der Waals surface area contributed by atoms with E-state index in [1.54, 1.807) is 0 Å². The third kappa shape index (κ3) is 6.99. The number of fused-ring (bicyclic) bond motifs is 1. The molecule has 30 heavy (non-hydrogen) atoms. The first-order valence-corrected chi connectivity index (χ1v) is 14.9. The number of Topliss-reactive ketones (excluding diaryl/α,β-unsaturated/α-hetero) is 1. The van der Waals surface area contributed by atoms with Crippen LogP contribution in [0.1, 0.15) is 15.9 Å². The number of para-hydroxylation sites is 1. The average molecular weight is 523 g/mol. The molecule has 157 valence electrons. The van der Waals surface area contributed by atoms with E-state index in [1.807, 2.05) is 91.0 Å². The Morgan fingerprint density at radius 1 is 0.767 bits per heavy atom. The van der Waals surface area contributed by atoms with Crippen LogP contribution in [0.3, 0.4) is 0 Å². The van der Waals surface area contributed by atoms with Crippen molar-refractivity contribution in [1.29, 1.82) is 0 Å². The monoisotopic (exact) mass is 521 g/mol. The van der Waals surface area contributed by atoms with E-state index in [0.29, 0.717) is 6.42 Å². The fraction of sp³-hybridized carbons (Fsp3) is 0.0435. The van der Waals surface area contributed by atoms with Crippen LogP contribution < -0.4 is 0 Å². The van der Waals surface area contributed by atoms with Crippen molar-refractivity contribution in [2.24, 2.45) is 0 Å². The molecule has 0 radical (unpaired) electrons. The second kappa shape index (κ2) is 10.6. The Labute approximate surface area is 194 Å². The number of hydrogen-bond donors (Lipinski definition) is 0. The normalized spacial score (nSPS) is 11.5. The number of carbonyl (C=O) groups is 1. The summed E-state index contributed by atoms with van der Waals surface area (Å²) in [5, 5.41) is 0.978. The van der Waals surface area contributed by atoms with Crippen LogP contribution in [0.5, 0.6) is 0 Å². The Morgan fingerprint density at radius 2 is 1.30 bits per heavy atom. The Bertz CT molecular complexity index is 1120. The standard InChI is InChI=1S/C23H17O2.4ClH.Fe/c24-21(17-9-3-1-4-10-17)15-19-16-23(18-11-5-2-6-12-18)25-22-14-8-7-13-20(19)22;;;;;/h1-14,16H,15H2;4*1H;/q+1;;;;;+3/p-4. The molecule has 4 rings (SSSR count). The third-order valence-corrected chi connectivity index (χ3v) is 4.26. The van der Waals surface area contributed by atoms with Crippen LogP contribution in [0.4, 0.5) is 0 Å². The van der Waals surface area contributed by atoms with Gasteiger partial charge in [0.2, 0.25) is 0 Å². The second-order valence-electron chi connectivity index (χ2n) is 6.27. The first-order valence-electron chi connectivity index (χ1n) is 8.83. The van der Waals surface area contributed by atoms with E-state index >= 15 is 0 Å². The van der Waals surface area contributed by atoms with Crippen LogP contribution in [-0.4, -0.2) is 5.78 Å². The van der Waals surface area contributed by atoms with Crippen molar-refractivity contribution in [3.8, 4) is 11.3 Å². The summed E-state index contributed by atoms with van der Waals surface area (Å²) in [5.74, 6) is 0.881.